The van der Waals surface area contributed by atoms with Crippen molar-refractivity contribution in [3.05, 3.63) is 65.7 Å². The number of nitrogens with two attached hydrogens (primary N) is 2. The number of nitrogens with zero attached hydrogens (tertiary/aromatic N) is 1. The van der Waals surface area contributed by atoms with Crippen molar-refractivity contribution in [1.29, 1.82) is 0 Å². The minimum absolute atomic E-state index is 0.0826. The van der Waals surface area contributed by atoms with Crippen molar-refractivity contribution in [2.24, 2.45) is 17.4 Å². The molecule has 48 heavy (non-hydrogen) atoms. The molecule has 6 amide bonds. The molecule has 2 aromatic carbocycles. The molecule has 0 radical (unpaired) electrons. The molecule has 3 aliphatic heterocycles. The number of phenolic OH excluding ortho intramolecular Hbond substituents is 1. The van der Waals surface area contributed by atoms with Crippen LogP contribution in [0.2, 0.25) is 0 Å². The fourth-order valence-electron chi connectivity index (χ4n) is 5.90. The lowest BCUT2D eigenvalue weighted by Crippen LogP contribution is -2.57. The molecule has 5 rings (SSSR count). The summed E-state index contributed by atoms with van der Waals surface area (Å²) in [6.07, 6.45) is 1.72. The van der Waals surface area contributed by atoms with E-state index in [1.54, 1.807) is 17.0 Å². The third-order valence-corrected chi connectivity index (χ3v) is 8.73. The summed E-state index contributed by atoms with van der Waals surface area (Å²) in [5.74, 6) is -3.53. The molecule has 0 aliphatic carbocycles. The molecule has 2 aromatic rings. The third kappa shape index (κ3) is 10.5. The maximum Gasteiger partial charge on any atom is 0.245 e. The monoisotopic (exact) mass is 663 g/mol. The Morgan fingerprint density at radius 1 is 0.896 bits per heavy atom. The molecule has 14 heteroatoms. The Morgan fingerprint density at radius 3 is 2.25 bits per heavy atom. The van der Waals surface area contributed by atoms with Crippen LogP contribution in [0.25, 0.3) is 0 Å². The van der Waals surface area contributed by atoms with Gasteiger partial charge < -0.3 is 42.7 Å². The summed E-state index contributed by atoms with van der Waals surface area (Å²) in [6.45, 7) is 0.700. The van der Waals surface area contributed by atoms with Crippen molar-refractivity contribution in [2.45, 2.75) is 75.5 Å². The largest absolute Gasteiger partial charge is 0.508 e. The molecular formula is C34H45N7O7. The van der Waals surface area contributed by atoms with Crippen molar-refractivity contribution in [1.82, 2.24) is 26.2 Å². The first kappa shape index (κ1) is 35.9. The molecular weight excluding hydrogens is 618 g/mol. The van der Waals surface area contributed by atoms with E-state index >= 15 is 0 Å². The zero-order chi connectivity index (χ0) is 34.6. The van der Waals surface area contributed by atoms with Crippen molar-refractivity contribution < 1.29 is 33.9 Å². The first-order valence-corrected chi connectivity index (χ1v) is 16.3. The summed E-state index contributed by atoms with van der Waals surface area (Å²) >= 11 is 0. The van der Waals surface area contributed by atoms with Crippen molar-refractivity contribution >= 4 is 35.4 Å². The van der Waals surface area contributed by atoms with Crippen LogP contribution in [0.15, 0.2) is 54.6 Å². The van der Waals surface area contributed by atoms with Crippen molar-refractivity contribution in [3.63, 3.8) is 0 Å². The van der Waals surface area contributed by atoms with E-state index in [4.69, 9.17) is 11.5 Å². The Kier molecular flexibility index (Phi) is 12.9. The topological polar surface area (TPSA) is 226 Å². The number of amides is 6. The summed E-state index contributed by atoms with van der Waals surface area (Å²) in [4.78, 5) is 80.1. The maximum absolute atomic E-state index is 13.9. The summed E-state index contributed by atoms with van der Waals surface area (Å²) in [7, 11) is 0. The van der Waals surface area contributed by atoms with Crippen molar-refractivity contribution in [2.75, 3.05) is 19.6 Å². The van der Waals surface area contributed by atoms with Crippen LogP contribution in [0.4, 0.5) is 0 Å². The smallest absolute Gasteiger partial charge is 0.245 e. The van der Waals surface area contributed by atoms with Gasteiger partial charge in [-0.2, -0.15) is 0 Å². The second-order valence-corrected chi connectivity index (χ2v) is 12.4. The van der Waals surface area contributed by atoms with Gasteiger partial charge in [-0.05, 0) is 61.8 Å². The zero-order valence-electron chi connectivity index (χ0n) is 26.9. The number of piperidine rings is 1. The molecule has 14 nitrogen and oxygen atoms in total. The van der Waals surface area contributed by atoms with Crippen LogP contribution < -0.4 is 32.7 Å². The van der Waals surface area contributed by atoms with Crippen LogP contribution in [0.3, 0.4) is 0 Å². The summed E-state index contributed by atoms with van der Waals surface area (Å²) in [6, 6.07) is 11.4. The van der Waals surface area contributed by atoms with Crippen LogP contribution in [-0.4, -0.2) is 89.3 Å². The lowest BCUT2D eigenvalue weighted by atomic mass is 9.94. The van der Waals surface area contributed by atoms with Crippen LogP contribution >= 0.6 is 0 Å². The van der Waals surface area contributed by atoms with E-state index in [2.05, 4.69) is 21.3 Å². The molecule has 2 bridgehead atoms. The molecule has 3 saturated heterocycles. The molecule has 3 heterocycles. The van der Waals surface area contributed by atoms with Crippen LogP contribution in [-0.2, 0) is 41.6 Å². The van der Waals surface area contributed by atoms with Gasteiger partial charge in [0.05, 0.1) is 12.5 Å². The first-order chi connectivity index (χ1) is 23.0. The Hall–Kier alpha value is -4.98. The number of hydrogen-bond acceptors (Lipinski definition) is 8. The molecule has 3 aliphatic rings. The standard InChI is InChI=1S/C34H45N7O7/c35-25(18-22-9-11-24(42)12-10-22)32(46)38-26-8-4-5-15-37-29(43)20-27(30(36)44)39-31(45)23-13-16-41(17-14-23)34(48)28(40-33(26)47)19-21-6-2-1-3-7-21/h1-3,6-7,9-12,23,25-28,42H,4-5,8,13-20,35H2,(H2,36,44)(H,37,43)(H,38,46)(H,39,45)(H,40,47)/t25-,26+,27-,28-/m0/s1. The van der Waals surface area contributed by atoms with Gasteiger partial charge in [0.25, 0.3) is 0 Å². The predicted octanol–water partition coefficient (Wildman–Crippen LogP) is -0.627. The van der Waals surface area contributed by atoms with Gasteiger partial charge in [0, 0.05) is 32.0 Å². The van der Waals surface area contributed by atoms with Gasteiger partial charge >= 0.3 is 0 Å². The van der Waals surface area contributed by atoms with Gasteiger partial charge in [-0.1, -0.05) is 42.5 Å². The van der Waals surface area contributed by atoms with E-state index in [-0.39, 0.29) is 57.0 Å². The lowest BCUT2D eigenvalue weighted by Gasteiger charge is -2.34. The predicted molar refractivity (Wildman–Crippen MR) is 176 cm³/mol. The zero-order valence-corrected chi connectivity index (χ0v) is 26.9. The molecule has 0 saturated carbocycles. The molecule has 0 spiro atoms. The maximum atomic E-state index is 13.9. The second kappa shape index (κ2) is 17.3. The Morgan fingerprint density at radius 2 is 1.58 bits per heavy atom. The van der Waals surface area contributed by atoms with E-state index in [0.29, 0.717) is 25.7 Å². The summed E-state index contributed by atoms with van der Waals surface area (Å²) < 4.78 is 0. The summed E-state index contributed by atoms with van der Waals surface area (Å²) in [5, 5.41) is 20.5. The van der Waals surface area contributed by atoms with Gasteiger partial charge in [-0.3, -0.25) is 28.8 Å². The SMILES string of the molecule is NC(=O)[C@@H]1CC(=O)NCCCC[C@@H](NC(=O)[C@@H](N)Cc2ccc(O)cc2)C(=O)N[C@@H](Cc2ccccc2)C(=O)N2CCC(CC2)C(=O)N1. The number of nitrogens with one attached hydrogen (secondary N) is 4. The quantitative estimate of drug-likeness (QED) is 0.201. The van der Waals surface area contributed by atoms with E-state index in [9.17, 15) is 33.9 Å². The number of carbonyl (C=O) groups excluding carboxylic acids is 6. The third-order valence-electron chi connectivity index (χ3n) is 8.73. The Labute approximate surface area is 279 Å². The fraction of sp³-hybridized carbons (Fsp3) is 0.471. The Bertz CT molecular complexity index is 1450. The van der Waals surface area contributed by atoms with Gasteiger partial charge in [-0.25, -0.2) is 0 Å². The number of rotatable bonds is 7. The highest BCUT2D eigenvalue weighted by Gasteiger charge is 2.35. The molecule has 9 N–H and O–H groups in total. The molecule has 0 aromatic heterocycles. The minimum atomic E-state index is -1.18. The van der Waals surface area contributed by atoms with Gasteiger partial charge in [-0.15, -0.1) is 0 Å². The molecule has 258 valence electrons. The highest BCUT2D eigenvalue weighted by atomic mass is 16.3. The van der Waals surface area contributed by atoms with E-state index in [1.807, 2.05) is 30.3 Å². The van der Waals surface area contributed by atoms with Crippen LogP contribution in [0, 0.1) is 5.92 Å². The average molecular weight is 664 g/mol. The fourth-order valence-corrected chi connectivity index (χ4v) is 5.90. The number of aromatic hydroxyl groups is 1. The molecule has 4 atom stereocenters. The number of phenols is 1. The van der Waals surface area contributed by atoms with Gasteiger partial charge in [0.15, 0.2) is 0 Å². The van der Waals surface area contributed by atoms with Gasteiger partial charge in [0.1, 0.15) is 23.9 Å². The van der Waals surface area contributed by atoms with Gasteiger partial charge in [0.2, 0.25) is 35.4 Å². The second-order valence-electron chi connectivity index (χ2n) is 12.4. The van der Waals surface area contributed by atoms with Crippen LogP contribution in [0.1, 0.15) is 49.7 Å². The summed E-state index contributed by atoms with van der Waals surface area (Å²) in [5.41, 5.74) is 13.2. The highest BCUT2D eigenvalue weighted by molar-refractivity contribution is 5.94. The minimum Gasteiger partial charge on any atom is -0.508 e. The Balaban J connectivity index is 1.55. The highest BCUT2D eigenvalue weighted by Crippen LogP contribution is 2.20. The number of hydrogen-bond donors (Lipinski definition) is 7. The van der Waals surface area contributed by atoms with Crippen LogP contribution in [0.5, 0.6) is 5.75 Å². The molecule has 3 fully saturated rings. The molecule has 0 unspecified atom stereocenters. The average Bonchev–Trinajstić information content (AvgIpc) is 3.07. The lowest BCUT2D eigenvalue weighted by molar-refractivity contribution is -0.140. The number of primary amides is 1. The van der Waals surface area contributed by atoms with E-state index in [0.717, 1.165) is 11.1 Å². The normalized spacial score (nSPS) is 23.8. The number of fused-ring (bicyclic) bond motifs is 16. The van der Waals surface area contributed by atoms with E-state index in [1.165, 1.54) is 12.1 Å². The first-order valence-electron chi connectivity index (χ1n) is 16.3. The van der Waals surface area contributed by atoms with E-state index < -0.39 is 59.6 Å². The number of carbonyl (C=O) groups is 6. The number of benzene rings is 2. The van der Waals surface area contributed by atoms with Crippen molar-refractivity contribution in [3.8, 4) is 5.75 Å².